The molecule has 3 rings (SSSR count). The third kappa shape index (κ3) is 5.89. The highest BCUT2D eigenvalue weighted by Crippen LogP contribution is 2.27. The molecular formula is C20H20ClN3O6. The first-order valence-electron chi connectivity index (χ1n) is 8.56. The molecule has 0 atom stereocenters. The minimum absolute atomic E-state index is 0.128. The van der Waals surface area contributed by atoms with Crippen molar-refractivity contribution in [3.63, 3.8) is 0 Å². The van der Waals surface area contributed by atoms with Gasteiger partial charge in [0.2, 0.25) is 5.95 Å². The van der Waals surface area contributed by atoms with Crippen molar-refractivity contribution in [3.8, 4) is 22.8 Å². The Hall–Kier alpha value is -3.72. The summed E-state index contributed by atoms with van der Waals surface area (Å²) in [6, 6.07) is 12.9. The summed E-state index contributed by atoms with van der Waals surface area (Å²) in [5, 5.41) is 28.4. The summed E-state index contributed by atoms with van der Waals surface area (Å²) in [6.07, 6.45) is 1.82. The number of anilines is 1. The number of aromatic nitrogens is 2. The molecule has 4 N–H and O–H groups in total. The van der Waals surface area contributed by atoms with Gasteiger partial charge >= 0.3 is 11.9 Å². The fraction of sp³-hybridized carbons (Fsp3) is 0.150. The van der Waals surface area contributed by atoms with Gasteiger partial charge in [0, 0.05) is 18.6 Å². The zero-order valence-electron chi connectivity index (χ0n) is 16.2. The lowest BCUT2D eigenvalue weighted by atomic mass is 10.2. The monoisotopic (exact) mass is 433 g/mol. The van der Waals surface area contributed by atoms with Crippen LogP contribution in [0.5, 0.6) is 11.5 Å². The van der Waals surface area contributed by atoms with E-state index in [1.807, 2.05) is 48.1 Å². The number of phenols is 1. The number of benzene rings is 2. The quantitative estimate of drug-likeness (QED) is 0.450. The number of carboxylic acid groups (broad SMARTS) is 2. The van der Waals surface area contributed by atoms with Crippen LogP contribution in [0.1, 0.15) is 5.56 Å². The summed E-state index contributed by atoms with van der Waals surface area (Å²) >= 11 is 5.93. The highest BCUT2D eigenvalue weighted by atomic mass is 35.5. The number of halogens is 1. The molecule has 0 saturated carbocycles. The molecule has 158 valence electrons. The lowest BCUT2D eigenvalue weighted by Crippen LogP contribution is -2.09. The van der Waals surface area contributed by atoms with Gasteiger partial charge in [-0.15, -0.1) is 0 Å². The number of hydrogen-bond donors (Lipinski definition) is 4. The smallest absolute Gasteiger partial charge is 0.414 e. The third-order valence-corrected chi connectivity index (χ3v) is 4.26. The van der Waals surface area contributed by atoms with Gasteiger partial charge in [-0.25, -0.2) is 14.6 Å². The van der Waals surface area contributed by atoms with Crippen LogP contribution < -0.4 is 10.1 Å². The number of phenolic OH excluding ortho intramolecular Hbond substituents is 1. The first-order valence-corrected chi connectivity index (χ1v) is 8.94. The average molecular weight is 434 g/mol. The van der Waals surface area contributed by atoms with Crippen molar-refractivity contribution >= 4 is 29.5 Å². The molecule has 0 aliphatic heterocycles. The SMILES string of the molecule is COc1cc(CNc2ncc(-c3ccc(Cl)cc3)n2C)ccc1O.O=C(O)C(=O)O. The maximum Gasteiger partial charge on any atom is 0.414 e. The van der Waals surface area contributed by atoms with Crippen LogP contribution in [0.25, 0.3) is 11.3 Å². The second-order valence-electron chi connectivity index (χ2n) is 6.00. The van der Waals surface area contributed by atoms with Crippen LogP contribution >= 0.6 is 11.6 Å². The predicted octanol–water partition coefficient (Wildman–Crippen LogP) is 3.22. The topological polar surface area (TPSA) is 134 Å². The molecule has 0 radical (unpaired) electrons. The van der Waals surface area contributed by atoms with Crippen LogP contribution in [0.3, 0.4) is 0 Å². The van der Waals surface area contributed by atoms with Crippen LogP contribution in [0, 0.1) is 0 Å². The molecule has 1 heterocycles. The third-order valence-electron chi connectivity index (χ3n) is 4.01. The van der Waals surface area contributed by atoms with E-state index >= 15 is 0 Å². The summed E-state index contributed by atoms with van der Waals surface area (Å²) in [7, 11) is 3.49. The van der Waals surface area contributed by atoms with Crippen molar-refractivity contribution < 1.29 is 29.6 Å². The van der Waals surface area contributed by atoms with Gasteiger partial charge in [-0.05, 0) is 35.4 Å². The Labute approximate surface area is 177 Å². The molecule has 9 nitrogen and oxygen atoms in total. The molecule has 30 heavy (non-hydrogen) atoms. The average Bonchev–Trinajstić information content (AvgIpc) is 3.08. The summed E-state index contributed by atoms with van der Waals surface area (Å²) in [6.45, 7) is 0.571. The van der Waals surface area contributed by atoms with Gasteiger partial charge in [-0.2, -0.15) is 0 Å². The maximum atomic E-state index is 9.64. The first-order chi connectivity index (χ1) is 14.2. The fourth-order valence-electron chi connectivity index (χ4n) is 2.48. The van der Waals surface area contributed by atoms with Crippen molar-refractivity contribution in [2.45, 2.75) is 6.54 Å². The number of hydrogen-bond acceptors (Lipinski definition) is 6. The van der Waals surface area contributed by atoms with Crippen molar-refractivity contribution in [3.05, 3.63) is 59.2 Å². The van der Waals surface area contributed by atoms with E-state index in [2.05, 4.69) is 10.3 Å². The molecule has 0 saturated heterocycles. The Bertz CT molecular complexity index is 1020. The van der Waals surface area contributed by atoms with Crippen molar-refractivity contribution in [2.24, 2.45) is 7.05 Å². The molecule has 10 heteroatoms. The predicted molar refractivity (Wildman–Crippen MR) is 111 cm³/mol. The van der Waals surface area contributed by atoms with Gasteiger partial charge in [0.1, 0.15) is 0 Å². The molecule has 0 aliphatic carbocycles. The summed E-state index contributed by atoms with van der Waals surface area (Å²) < 4.78 is 7.11. The molecule has 0 aliphatic rings. The van der Waals surface area contributed by atoms with Crippen molar-refractivity contribution in [2.75, 3.05) is 12.4 Å². The fourth-order valence-corrected chi connectivity index (χ4v) is 2.60. The molecule has 0 unspecified atom stereocenters. The van der Waals surface area contributed by atoms with Gasteiger partial charge < -0.3 is 29.9 Å². The number of aliphatic carboxylic acids is 2. The number of imidazole rings is 1. The van der Waals surface area contributed by atoms with Gasteiger partial charge in [-0.1, -0.05) is 29.8 Å². The molecule has 0 amide bonds. The number of nitrogens with one attached hydrogen (secondary N) is 1. The number of ether oxygens (including phenoxy) is 1. The van der Waals surface area contributed by atoms with E-state index in [-0.39, 0.29) is 5.75 Å². The lowest BCUT2D eigenvalue weighted by Gasteiger charge is -2.10. The highest BCUT2D eigenvalue weighted by Gasteiger charge is 2.09. The van der Waals surface area contributed by atoms with Gasteiger partial charge in [0.15, 0.2) is 11.5 Å². The van der Waals surface area contributed by atoms with Crippen LogP contribution in [0.4, 0.5) is 5.95 Å². The molecule has 0 bridgehead atoms. The van der Waals surface area contributed by atoms with E-state index in [1.54, 1.807) is 12.1 Å². The lowest BCUT2D eigenvalue weighted by molar-refractivity contribution is -0.159. The number of carboxylic acids is 2. The van der Waals surface area contributed by atoms with E-state index in [9.17, 15) is 5.11 Å². The van der Waals surface area contributed by atoms with E-state index in [1.165, 1.54) is 7.11 Å². The normalized spacial score (nSPS) is 9.97. The number of nitrogens with zero attached hydrogens (tertiary/aromatic N) is 2. The summed E-state index contributed by atoms with van der Waals surface area (Å²) in [4.78, 5) is 22.6. The van der Waals surface area contributed by atoms with E-state index in [0.717, 1.165) is 22.8 Å². The van der Waals surface area contributed by atoms with Crippen LogP contribution in [0.2, 0.25) is 5.02 Å². The number of carbonyl (C=O) groups is 2. The molecule has 2 aromatic carbocycles. The Morgan fingerprint density at radius 1 is 1.13 bits per heavy atom. The molecule has 1 aromatic heterocycles. The minimum Gasteiger partial charge on any atom is -0.504 e. The second-order valence-corrected chi connectivity index (χ2v) is 6.44. The zero-order chi connectivity index (χ0) is 22.3. The molecule has 0 fully saturated rings. The van der Waals surface area contributed by atoms with Gasteiger partial charge in [-0.3, -0.25) is 0 Å². The largest absolute Gasteiger partial charge is 0.504 e. The van der Waals surface area contributed by atoms with E-state index in [0.29, 0.717) is 17.3 Å². The number of rotatable bonds is 5. The van der Waals surface area contributed by atoms with E-state index in [4.69, 9.17) is 36.1 Å². The molecule has 0 spiro atoms. The van der Waals surface area contributed by atoms with Crippen molar-refractivity contribution in [1.82, 2.24) is 9.55 Å². The maximum absolute atomic E-state index is 9.64. The Morgan fingerprint density at radius 2 is 1.77 bits per heavy atom. The molecular weight excluding hydrogens is 414 g/mol. The van der Waals surface area contributed by atoms with Crippen LogP contribution in [0.15, 0.2) is 48.7 Å². The minimum atomic E-state index is -1.82. The Balaban J connectivity index is 0.000000469. The van der Waals surface area contributed by atoms with E-state index < -0.39 is 11.9 Å². The van der Waals surface area contributed by atoms with Crippen LogP contribution in [-0.2, 0) is 23.2 Å². The standard InChI is InChI=1S/C18H18ClN3O2.C2H2O4/c1-22-15(13-4-6-14(19)7-5-13)11-21-18(22)20-10-12-3-8-16(23)17(9-12)24-2;3-1(4)2(5)6/h3-9,11,23H,10H2,1-2H3,(H,20,21);(H,3,4)(H,5,6). The summed E-state index contributed by atoms with van der Waals surface area (Å²) in [5.41, 5.74) is 3.03. The van der Waals surface area contributed by atoms with Crippen molar-refractivity contribution in [1.29, 1.82) is 0 Å². The second kappa shape index (κ2) is 10.2. The molecule has 3 aromatic rings. The highest BCUT2D eigenvalue weighted by molar-refractivity contribution is 6.30. The number of methoxy groups -OCH3 is 1. The van der Waals surface area contributed by atoms with Crippen LogP contribution in [-0.4, -0.2) is 43.9 Å². The Kier molecular flexibility index (Phi) is 7.65. The van der Waals surface area contributed by atoms with Gasteiger partial charge in [0.25, 0.3) is 0 Å². The summed E-state index contributed by atoms with van der Waals surface area (Å²) in [5.74, 6) is -2.31. The Morgan fingerprint density at radius 3 is 2.33 bits per heavy atom. The van der Waals surface area contributed by atoms with Gasteiger partial charge in [0.05, 0.1) is 19.0 Å². The zero-order valence-corrected chi connectivity index (χ0v) is 16.9. The first kappa shape index (κ1) is 22.6. The number of aromatic hydroxyl groups is 1.